The summed E-state index contributed by atoms with van der Waals surface area (Å²) in [5, 5.41) is 0. The third-order valence-corrected chi connectivity index (χ3v) is 4.20. The molecule has 0 saturated heterocycles. The summed E-state index contributed by atoms with van der Waals surface area (Å²) in [4.78, 5) is 48.3. The minimum Gasteiger partial charge on any atom is -0.454 e. The number of anilines is 1. The molecule has 0 spiro atoms. The predicted molar refractivity (Wildman–Crippen MR) is 96.8 cm³/mol. The Kier molecular flexibility index (Phi) is 5.09. The molecule has 0 aliphatic carbocycles. The Bertz CT molecular complexity index is 898. The van der Waals surface area contributed by atoms with E-state index in [0.717, 1.165) is 9.37 Å². The zero-order chi connectivity index (χ0) is 18.7. The molecule has 0 radical (unpaired) electrons. The van der Waals surface area contributed by atoms with Crippen LogP contribution < -0.4 is 4.90 Å². The number of amides is 2. The number of Topliss-reactive ketones (excluding diaryl/α,β-unsaturated/α-hetero) is 1. The Balaban J connectivity index is 1.61. The molecule has 0 atom stereocenters. The SMILES string of the molecule is O=C(COC(=O)c1ccc(N2C(=O)C=CC2=O)cc1)c1ccc(Br)cc1. The monoisotopic (exact) mass is 413 g/mol. The van der Waals surface area contributed by atoms with Gasteiger partial charge in [0.2, 0.25) is 0 Å². The Morgan fingerprint density at radius 3 is 1.96 bits per heavy atom. The number of carbonyl (C=O) groups excluding carboxylic acids is 4. The maximum atomic E-state index is 12.1. The molecule has 1 heterocycles. The molecule has 0 aromatic heterocycles. The highest BCUT2D eigenvalue weighted by atomic mass is 79.9. The molecule has 2 aromatic rings. The number of ketones is 1. The van der Waals surface area contributed by atoms with Crippen LogP contribution >= 0.6 is 15.9 Å². The van der Waals surface area contributed by atoms with Crippen molar-refractivity contribution in [2.24, 2.45) is 0 Å². The van der Waals surface area contributed by atoms with Crippen molar-refractivity contribution >= 4 is 45.2 Å². The van der Waals surface area contributed by atoms with Crippen LogP contribution in [0.1, 0.15) is 20.7 Å². The summed E-state index contributed by atoms with van der Waals surface area (Å²) < 4.78 is 5.87. The number of hydrogen-bond acceptors (Lipinski definition) is 5. The number of carbonyl (C=O) groups is 4. The van der Waals surface area contributed by atoms with Crippen molar-refractivity contribution in [3.63, 3.8) is 0 Å². The summed E-state index contributed by atoms with van der Waals surface area (Å²) in [6.07, 6.45) is 2.36. The van der Waals surface area contributed by atoms with Crippen molar-refractivity contribution in [3.05, 3.63) is 76.3 Å². The molecule has 2 amide bonds. The molecule has 1 aliphatic rings. The number of halogens is 1. The average molecular weight is 414 g/mol. The highest BCUT2D eigenvalue weighted by Crippen LogP contribution is 2.20. The lowest BCUT2D eigenvalue weighted by Crippen LogP contribution is -2.29. The molecule has 0 N–H and O–H groups in total. The van der Waals surface area contributed by atoms with Gasteiger partial charge in [-0.3, -0.25) is 14.4 Å². The maximum Gasteiger partial charge on any atom is 0.338 e. The van der Waals surface area contributed by atoms with E-state index in [9.17, 15) is 19.2 Å². The first kappa shape index (κ1) is 17.8. The lowest BCUT2D eigenvalue weighted by molar-refractivity contribution is -0.119. The molecule has 130 valence electrons. The minimum absolute atomic E-state index is 0.212. The zero-order valence-electron chi connectivity index (χ0n) is 13.3. The maximum absolute atomic E-state index is 12.1. The van der Waals surface area contributed by atoms with E-state index in [1.807, 2.05) is 0 Å². The molecule has 0 bridgehead atoms. The van der Waals surface area contributed by atoms with Crippen LogP contribution in [0.15, 0.2) is 65.2 Å². The third kappa shape index (κ3) is 3.78. The van der Waals surface area contributed by atoms with Crippen LogP contribution in [0.4, 0.5) is 5.69 Å². The van der Waals surface area contributed by atoms with Crippen LogP contribution in [0.25, 0.3) is 0 Å². The van der Waals surface area contributed by atoms with E-state index >= 15 is 0 Å². The van der Waals surface area contributed by atoms with Crippen molar-refractivity contribution in [1.82, 2.24) is 0 Å². The number of esters is 1. The first-order chi connectivity index (χ1) is 12.5. The smallest absolute Gasteiger partial charge is 0.338 e. The second kappa shape index (κ2) is 7.45. The van der Waals surface area contributed by atoms with Crippen LogP contribution in [0.2, 0.25) is 0 Å². The van der Waals surface area contributed by atoms with Gasteiger partial charge in [0.25, 0.3) is 11.8 Å². The number of ether oxygens (including phenoxy) is 1. The number of hydrogen-bond donors (Lipinski definition) is 0. The second-order valence-corrected chi connectivity index (χ2v) is 6.31. The van der Waals surface area contributed by atoms with Crippen molar-refractivity contribution in [2.45, 2.75) is 0 Å². The van der Waals surface area contributed by atoms with E-state index in [1.54, 1.807) is 24.3 Å². The van der Waals surface area contributed by atoms with Gasteiger partial charge >= 0.3 is 5.97 Å². The topological polar surface area (TPSA) is 80.8 Å². The van der Waals surface area contributed by atoms with E-state index < -0.39 is 17.8 Å². The minimum atomic E-state index is -0.667. The van der Waals surface area contributed by atoms with E-state index in [-0.39, 0.29) is 18.0 Å². The first-order valence-electron chi connectivity index (χ1n) is 7.58. The first-order valence-corrected chi connectivity index (χ1v) is 8.37. The lowest BCUT2D eigenvalue weighted by Gasteiger charge is -2.13. The standard InChI is InChI=1S/C19H12BrNO5/c20-14-5-1-12(2-6-14)16(22)11-26-19(25)13-3-7-15(8-4-13)21-17(23)9-10-18(21)24/h1-10H,11H2. The number of benzene rings is 2. The van der Waals surface area contributed by atoms with Gasteiger partial charge in [0, 0.05) is 22.2 Å². The van der Waals surface area contributed by atoms with Gasteiger partial charge in [-0.2, -0.15) is 0 Å². The van der Waals surface area contributed by atoms with Crippen LogP contribution in [0.3, 0.4) is 0 Å². The van der Waals surface area contributed by atoms with Gasteiger partial charge in [-0.1, -0.05) is 28.1 Å². The van der Waals surface area contributed by atoms with Gasteiger partial charge in [0.15, 0.2) is 12.4 Å². The molecular formula is C19H12BrNO5. The van der Waals surface area contributed by atoms with E-state index in [0.29, 0.717) is 11.3 Å². The number of rotatable bonds is 5. The Labute approximate surface area is 157 Å². The summed E-state index contributed by atoms with van der Waals surface area (Å²) in [5.74, 6) is -1.86. The summed E-state index contributed by atoms with van der Waals surface area (Å²) in [6, 6.07) is 12.5. The van der Waals surface area contributed by atoms with Gasteiger partial charge in [0.1, 0.15) is 0 Å². The lowest BCUT2D eigenvalue weighted by atomic mass is 10.1. The quantitative estimate of drug-likeness (QED) is 0.427. The summed E-state index contributed by atoms with van der Waals surface area (Å²) in [6.45, 7) is -0.380. The van der Waals surface area contributed by atoms with Crippen LogP contribution in [0, 0.1) is 0 Å². The Hall–Kier alpha value is -3.06. The van der Waals surface area contributed by atoms with Gasteiger partial charge in [0.05, 0.1) is 11.3 Å². The van der Waals surface area contributed by atoms with Gasteiger partial charge < -0.3 is 4.74 Å². The average Bonchev–Trinajstić information content (AvgIpc) is 2.98. The molecule has 0 unspecified atom stereocenters. The summed E-state index contributed by atoms with van der Waals surface area (Å²) in [5.41, 5.74) is 1.01. The van der Waals surface area contributed by atoms with Crippen LogP contribution in [-0.2, 0) is 14.3 Å². The van der Waals surface area contributed by atoms with Crippen molar-refractivity contribution in [2.75, 3.05) is 11.5 Å². The molecule has 6 nitrogen and oxygen atoms in total. The van der Waals surface area contributed by atoms with Crippen LogP contribution in [0.5, 0.6) is 0 Å². The third-order valence-electron chi connectivity index (χ3n) is 3.67. The molecule has 2 aromatic carbocycles. The fraction of sp³-hybridized carbons (Fsp3) is 0.0526. The Morgan fingerprint density at radius 1 is 0.846 bits per heavy atom. The molecular weight excluding hydrogens is 402 g/mol. The predicted octanol–water partition coefficient (Wildman–Crippen LogP) is 2.92. The second-order valence-electron chi connectivity index (χ2n) is 5.40. The van der Waals surface area contributed by atoms with Crippen molar-refractivity contribution < 1.29 is 23.9 Å². The van der Waals surface area contributed by atoms with Crippen molar-refractivity contribution in [3.8, 4) is 0 Å². The van der Waals surface area contributed by atoms with E-state index in [1.165, 1.54) is 36.4 Å². The molecule has 26 heavy (non-hydrogen) atoms. The molecule has 3 rings (SSSR count). The highest BCUT2D eigenvalue weighted by Gasteiger charge is 2.25. The van der Waals surface area contributed by atoms with E-state index in [4.69, 9.17) is 4.74 Å². The van der Waals surface area contributed by atoms with Gasteiger partial charge in [-0.15, -0.1) is 0 Å². The summed E-state index contributed by atoms with van der Waals surface area (Å²) in [7, 11) is 0. The fourth-order valence-corrected chi connectivity index (χ4v) is 2.60. The fourth-order valence-electron chi connectivity index (χ4n) is 2.33. The van der Waals surface area contributed by atoms with Crippen LogP contribution in [-0.4, -0.2) is 30.2 Å². The molecule has 7 heteroatoms. The molecule has 1 aliphatic heterocycles. The molecule has 0 fully saturated rings. The van der Waals surface area contributed by atoms with E-state index in [2.05, 4.69) is 15.9 Å². The molecule has 0 saturated carbocycles. The largest absolute Gasteiger partial charge is 0.454 e. The Morgan fingerprint density at radius 2 is 1.38 bits per heavy atom. The normalized spacial score (nSPS) is 13.2. The summed E-state index contributed by atoms with van der Waals surface area (Å²) >= 11 is 3.28. The van der Waals surface area contributed by atoms with Gasteiger partial charge in [-0.05, 0) is 36.4 Å². The zero-order valence-corrected chi connectivity index (χ0v) is 14.9. The number of nitrogens with zero attached hydrogens (tertiary/aromatic N) is 1. The highest BCUT2D eigenvalue weighted by molar-refractivity contribution is 9.10. The van der Waals surface area contributed by atoms with Gasteiger partial charge in [-0.25, -0.2) is 9.69 Å². The number of imide groups is 1. The van der Waals surface area contributed by atoms with Crippen molar-refractivity contribution in [1.29, 1.82) is 0 Å².